The maximum absolute atomic E-state index is 12.0. The van der Waals surface area contributed by atoms with Crippen LogP contribution in [0.4, 0.5) is 0 Å². The molecule has 0 spiro atoms. The molecule has 4 nitrogen and oxygen atoms in total. The average Bonchev–Trinajstić information content (AvgIpc) is 3.16. The van der Waals surface area contributed by atoms with E-state index in [9.17, 15) is 4.79 Å². The van der Waals surface area contributed by atoms with Crippen LogP contribution in [0.25, 0.3) is 11.3 Å². The van der Waals surface area contributed by atoms with Gasteiger partial charge in [0.05, 0.1) is 23.3 Å². The number of ketones is 1. The standard InChI is InChI=1S/C16H15N3OS/c1-19-14(12-6-3-2-4-7-12)10-18-16(19)21-11-15(20)13-8-5-9-17-13/h2-10,17H,11H2,1H3. The van der Waals surface area contributed by atoms with Gasteiger partial charge in [0.15, 0.2) is 10.9 Å². The smallest absolute Gasteiger partial charge is 0.189 e. The number of aromatic amines is 1. The SMILES string of the molecule is Cn1c(-c2ccccc2)cnc1SCC(=O)c1ccc[nH]1. The zero-order valence-corrected chi connectivity index (χ0v) is 12.4. The highest BCUT2D eigenvalue weighted by Gasteiger charge is 2.12. The zero-order valence-electron chi connectivity index (χ0n) is 11.6. The molecule has 0 atom stereocenters. The largest absolute Gasteiger partial charge is 0.359 e. The van der Waals surface area contributed by atoms with Gasteiger partial charge in [0.2, 0.25) is 0 Å². The average molecular weight is 297 g/mol. The fourth-order valence-electron chi connectivity index (χ4n) is 2.12. The van der Waals surface area contributed by atoms with E-state index in [4.69, 9.17) is 0 Å². The van der Waals surface area contributed by atoms with Crippen molar-refractivity contribution in [1.82, 2.24) is 14.5 Å². The van der Waals surface area contributed by atoms with Gasteiger partial charge in [-0.25, -0.2) is 4.98 Å². The number of carbonyl (C=O) groups is 1. The van der Waals surface area contributed by atoms with Crippen LogP contribution in [0, 0.1) is 0 Å². The third-order valence-corrected chi connectivity index (χ3v) is 4.29. The van der Waals surface area contributed by atoms with Crippen LogP contribution in [-0.2, 0) is 7.05 Å². The molecule has 0 radical (unpaired) electrons. The molecule has 1 aromatic carbocycles. The van der Waals surface area contributed by atoms with Crippen LogP contribution >= 0.6 is 11.8 Å². The minimum Gasteiger partial charge on any atom is -0.359 e. The monoisotopic (exact) mass is 297 g/mol. The molecule has 0 unspecified atom stereocenters. The molecule has 0 saturated heterocycles. The van der Waals surface area contributed by atoms with Gasteiger partial charge in [-0.15, -0.1) is 0 Å². The van der Waals surface area contributed by atoms with E-state index in [0.29, 0.717) is 11.4 Å². The number of aromatic nitrogens is 3. The summed E-state index contributed by atoms with van der Waals surface area (Å²) in [5.74, 6) is 0.453. The Hall–Kier alpha value is -2.27. The van der Waals surface area contributed by atoms with E-state index in [2.05, 4.69) is 22.1 Å². The number of nitrogens with zero attached hydrogens (tertiary/aromatic N) is 2. The van der Waals surface area contributed by atoms with Crippen molar-refractivity contribution < 1.29 is 4.79 Å². The summed E-state index contributed by atoms with van der Waals surface area (Å²) in [5.41, 5.74) is 2.81. The van der Waals surface area contributed by atoms with Gasteiger partial charge >= 0.3 is 0 Å². The molecular weight excluding hydrogens is 282 g/mol. The van der Waals surface area contributed by atoms with Crippen molar-refractivity contribution >= 4 is 17.5 Å². The molecule has 0 aliphatic carbocycles. The fraction of sp³-hybridized carbons (Fsp3) is 0.125. The number of H-pyrrole nitrogens is 1. The van der Waals surface area contributed by atoms with E-state index in [1.807, 2.05) is 42.1 Å². The van der Waals surface area contributed by atoms with Crippen LogP contribution in [0.3, 0.4) is 0 Å². The zero-order chi connectivity index (χ0) is 14.7. The van der Waals surface area contributed by atoms with E-state index in [1.165, 1.54) is 11.8 Å². The Morgan fingerprint density at radius 2 is 2.05 bits per heavy atom. The molecule has 0 aliphatic heterocycles. The van der Waals surface area contributed by atoms with Crippen LogP contribution in [0.1, 0.15) is 10.5 Å². The molecule has 2 heterocycles. The summed E-state index contributed by atoms with van der Waals surface area (Å²) >= 11 is 1.45. The van der Waals surface area contributed by atoms with E-state index >= 15 is 0 Å². The summed E-state index contributed by atoms with van der Waals surface area (Å²) in [4.78, 5) is 19.3. The lowest BCUT2D eigenvalue weighted by molar-refractivity contribution is 0.101. The molecule has 106 valence electrons. The van der Waals surface area contributed by atoms with Gasteiger partial charge < -0.3 is 9.55 Å². The molecule has 0 fully saturated rings. The number of Topliss-reactive ketones (excluding diaryl/α,β-unsaturated/α-hetero) is 1. The summed E-state index contributed by atoms with van der Waals surface area (Å²) in [6.07, 6.45) is 3.60. The molecule has 3 aromatic rings. The minimum atomic E-state index is 0.0780. The summed E-state index contributed by atoms with van der Waals surface area (Å²) in [7, 11) is 1.97. The second-order valence-corrected chi connectivity index (χ2v) is 5.59. The normalized spacial score (nSPS) is 10.7. The maximum atomic E-state index is 12.0. The van der Waals surface area contributed by atoms with Crippen molar-refractivity contribution in [2.45, 2.75) is 5.16 Å². The molecule has 1 N–H and O–H groups in total. The molecule has 2 aromatic heterocycles. The summed E-state index contributed by atoms with van der Waals surface area (Å²) in [6.45, 7) is 0. The van der Waals surface area contributed by atoms with Crippen molar-refractivity contribution in [2.24, 2.45) is 7.05 Å². The Labute approximate surface area is 127 Å². The molecule has 0 bridgehead atoms. The Morgan fingerprint density at radius 1 is 1.24 bits per heavy atom. The second kappa shape index (κ2) is 6.01. The molecule has 0 amide bonds. The van der Waals surface area contributed by atoms with E-state index < -0.39 is 0 Å². The van der Waals surface area contributed by atoms with Gasteiger partial charge in [-0.1, -0.05) is 42.1 Å². The fourth-order valence-corrected chi connectivity index (χ4v) is 2.95. The molecule has 0 aliphatic rings. The Morgan fingerprint density at radius 3 is 2.76 bits per heavy atom. The highest BCUT2D eigenvalue weighted by atomic mass is 32.2. The number of nitrogens with one attached hydrogen (secondary N) is 1. The first-order chi connectivity index (χ1) is 10.3. The summed E-state index contributed by atoms with van der Waals surface area (Å²) in [5, 5.41) is 0.841. The van der Waals surface area contributed by atoms with Crippen LogP contribution in [0.5, 0.6) is 0 Å². The van der Waals surface area contributed by atoms with Gasteiger partial charge in [0, 0.05) is 13.2 Å². The lowest BCUT2D eigenvalue weighted by Crippen LogP contribution is -2.04. The third-order valence-electron chi connectivity index (χ3n) is 3.25. The topological polar surface area (TPSA) is 50.7 Å². The maximum Gasteiger partial charge on any atom is 0.189 e. The number of rotatable bonds is 5. The van der Waals surface area contributed by atoms with E-state index in [0.717, 1.165) is 16.4 Å². The number of hydrogen-bond donors (Lipinski definition) is 1. The van der Waals surface area contributed by atoms with Crippen LogP contribution in [0.15, 0.2) is 60.0 Å². The molecule has 5 heteroatoms. The Kier molecular flexibility index (Phi) is 3.92. The number of benzene rings is 1. The summed E-state index contributed by atoms with van der Waals surface area (Å²) in [6, 6.07) is 13.7. The van der Waals surface area contributed by atoms with Gasteiger partial charge in [0.1, 0.15) is 0 Å². The van der Waals surface area contributed by atoms with Gasteiger partial charge in [0.25, 0.3) is 0 Å². The van der Waals surface area contributed by atoms with Gasteiger partial charge in [-0.3, -0.25) is 4.79 Å². The lowest BCUT2D eigenvalue weighted by Gasteiger charge is -2.05. The first-order valence-electron chi connectivity index (χ1n) is 6.62. The third kappa shape index (κ3) is 2.92. The van der Waals surface area contributed by atoms with Crippen molar-refractivity contribution in [3.05, 3.63) is 60.6 Å². The lowest BCUT2D eigenvalue weighted by atomic mass is 10.2. The Bertz CT molecular complexity index is 732. The second-order valence-electron chi connectivity index (χ2n) is 4.65. The van der Waals surface area contributed by atoms with Crippen LogP contribution in [0.2, 0.25) is 0 Å². The highest BCUT2D eigenvalue weighted by molar-refractivity contribution is 7.99. The predicted octanol–water partition coefficient (Wildman–Crippen LogP) is 3.39. The summed E-state index contributed by atoms with van der Waals surface area (Å²) < 4.78 is 2.02. The Balaban J connectivity index is 1.73. The number of thioether (sulfide) groups is 1. The number of imidazole rings is 1. The van der Waals surface area contributed by atoms with Crippen molar-refractivity contribution in [3.8, 4) is 11.3 Å². The first kappa shape index (κ1) is 13.7. The quantitative estimate of drug-likeness (QED) is 0.580. The first-order valence-corrected chi connectivity index (χ1v) is 7.61. The minimum absolute atomic E-state index is 0.0780. The van der Waals surface area contributed by atoms with Crippen molar-refractivity contribution in [3.63, 3.8) is 0 Å². The van der Waals surface area contributed by atoms with Crippen molar-refractivity contribution in [2.75, 3.05) is 5.75 Å². The van der Waals surface area contributed by atoms with Crippen molar-refractivity contribution in [1.29, 1.82) is 0 Å². The molecular formula is C16H15N3OS. The van der Waals surface area contributed by atoms with E-state index in [-0.39, 0.29) is 5.78 Å². The van der Waals surface area contributed by atoms with Crippen LogP contribution in [-0.4, -0.2) is 26.1 Å². The molecule has 21 heavy (non-hydrogen) atoms. The van der Waals surface area contributed by atoms with Crippen LogP contribution < -0.4 is 0 Å². The predicted molar refractivity (Wildman–Crippen MR) is 84.5 cm³/mol. The highest BCUT2D eigenvalue weighted by Crippen LogP contribution is 2.24. The number of hydrogen-bond acceptors (Lipinski definition) is 3. The van der Waals surface area contributed by atoms with Gasteiger partial charge in [-0.2, -0.15) is 0 Å². The van der Waals surface area contributed by atoms with E-state index in [1.54, 1.807) is 12.3 Å². The molecule has 0 saturated carbocycles. The van der Waals surface area contributed by atoms with Gasteiger partial charge in [-0.05, 0) is 17.7 Å². The molecule has 3 rings (SSSR count). The number of carbonyl (C=O) groups excluding carboxylic acids is 1.